The zero-order valence-electron chi connectivity index (χ0n) is 17.2. The van der Waals surface area contributed by atoms with E-state index in [4.69, 9.17) is 4.74 Å². The van der Waals surface area contributed by atoms with Gasteiger partial charge in [0.15, 0.2) is 5.75 Å². The molecule has 1 saturated heterocycles. The molecule has 8 nitrogen and oxygen atoms in total. The van der Waals surface area contributed by atoms with Crippen LogP contribution in [0.4, 0.5) is 24.5 Å². The average molecular weight is 450 g/mol. The van der Waals surface area contributed by atoms with Gasteiger partial charge in [0, 0.05) is 37.4 Å². The molecule has 1 aromatic carbocycles. The van der Waals surface area contributed by atoms with Crippen molar-refractivity contribution in [1.82, 2.24) is 9.88 Å². The minimum atomic E-state index is -4.72. The summed E-state index contributed by atoms with van der Waals surface area (Å²) in [6.07, 6.45) is -3.10. The van der Waals surface area contributed by atoms with Crippen LogP contribution in [0.5, 0.6) is 11.5 Å². The largest absolute Gasteiger partial charge is 0.573 e. The number of ether oxygens (including phenoxy) is 2. The maximum Gasteiger partial charge on any atom is 0.573 e. The molecule has 3 heterocycles. The first-order valence-electron chi connectivity index (χ1n) is 10.0. The number of piperazine rings is 1. The summed E-state index contributed by atoms with van der Waals surface area (Å²) in [5.74, 6) is -0.488. The van der Waals surface area contributed by atoms with Gasteiger partial charge in [-0.15, -0.1) is 13.2 Å². The van der Waals surface area contributed by atoms with Gasteiger partial charge in [-0.1, -0.05) is 0 Å². The maximum absolute atomic E-state index is 12.4. The zero-order chi connectivity index (χ0) is 22.9. The molecular weight excluding hydrogens is 429 g/mol. The number of fused-ring (bicyclic) bond motifs is 1. The van der Waals surface area contributed by atoms with Gasteiger partial charge in [-0.25, -0.2) is 0 Å². The van der Waals surface area contributed by atoms with Crippen LogP contribution in [0.3, 0.4) is 0 Å². The van der Waals surface area contributed by atoms with E-state index in [0.29, 0.717) is 36.8 Å². The molecule has 1 fully saturated rings. The van der Waals surface area contributed by atoms with E-state index in [9.17, 15) is 22.8 Å². The molecule has 0 saturated carbocycles. The molecule has 0 bridgehead atoms. The molecule has 2 aliphatic rings. The number of carbonyl (C=O) groups is 2. The number of pyridine rings is 1. The Morgan fingerprint density at radius 3 is 2.72 bits per heavy atom. The van der Waals surface area contributed by atoms with E-state index in [1.807, 2.05) is 11.8 Å². The first-order valence-corrected chi connectivity index (χ1v) is 10.0. The van der Waals surface area contributed by atoms with Gasteiger partial charge in [0.05, 0.1) is 30.5 Å². The summed E-state index contributed by atoms with van der Waals surface area (Å²) >= 11 is 0. The normalized spacial score (nSPS) is 18.8. The van der Waals surface area contributed by atoms with Crippen molar-refractivity contribution in [2.24, 2.45) is 0 Å². The number of halogens is 3. The molecule has 32 heavy (non-hydrogen) atoms. The van der Waals surface area contributed by atoms with Gasteiger partial charge >= 0.3 is 12.3 Å². The number of hydrogen-bond donors (Lipinski definition) is 1. The third-order valence-corrected chi connectivity index (χ3v) is 5.23. The molecule has 1 N–H and O–H groups in total. The number of hydrogen-bond acceptors (Lipinski definition) is 7. The van der Waals surface area contributed by atoms with Gasteiger partial charge in [-0.05, 0) is 31.2 Å². The summed E-state index contributed by atoms with van der Waals surface area (Å²) in [6, 6.07) is 7.39. The van der Waals surface area contributed by atoms with Crippen LogP contribution in [0.1, 0.15) is 12.6 Å². The van der Waals surface area contributed by atoms with E-state index in [-0.39, 0.29) is 36.6 Å². The maximum atomic E-state index is 12.4. The predicted molar refractivity (Wildman–Crippen MR) is 109 cm³/mol. The Labute approximate surface area is 181 Å². The minimum absolute atomic E-state index is 0.0482. The highest BCUT2D eigenvalue weighted by Gasteiger charge is 2.31. The Balaban J connectivity index is 1.29. The minimum Gasteiger partial charge on any atom is -0.424 e. The average Bonchev–Trinajstić information content (AvgIpc) is 3.07. The van der Waals surface area contributed by atoms with Crippen LogP contribution in [0.25, 0.3) is 0 Å². The molecule has 0 radical (unpaired) electrons. The highest BCUT2D eigenvalue weighted by atomic mass is 19.4. The molecule has 0 unspecified atom stereocenters. The third-order valence-electron chi connectivity index (χ3n) is 5.23. The van der Waals surface area contributed by atoms with Crippen LogP contribution in [-0.2, 0) is 16.0 Å². The van der Waals surface area contributed by atoms with E-state index in [0.717, 1.165) is 5.69 Å². The van der Waals surface area contributed by atoms with Gasteiger partial charge in [0.2, 0.25) is 5.91 Å². The molecule has 1 amide bonds. The van der Waals surface area contributed by atoms with Crippen LogP contribution < -0.4 is 19.7 Å². The summed E-state index contributed by atoms with van der Waals surface area (Å²) in [5.41, 5.74) is 1.79. The SMILES string of the molecule is C[C@@H]1CN(CC(=O)Nc2cnc3c(c2)OC(=O)C3)CCN1c1ccc(OC(F)(F)F)cc1. The van der Waals surface area contributed by atoms with Crippen LogP contribution in [0.2, 0.25) is 0 Å². The van der Waals surface area contributed by atoms with Crippen molar-refractivity contribution in [2.75, 3.05) is 36.4 Å². The lowest BCUT2D eigenvalue weighted by molar-refractivity contribution is -0.274. The van der Waals surface area contributed by atoms with E-state index < -0.39 is 6.36 Å². The fourth-order valence-corrected chi connectivity index (χ4v) is 3.86. The topological polar surface area (TPSA) is 84.0 Å². The molecule has 170 valence electrons. The number of esters is 1. The van der Waals surface area contributed by atoms with Gasteiger partial charge in [0.1, 0.15) is 5.75 Å². The molecule has 2 aliphatic heterocycles. The number of nitrogens with zero attached hydrogens (tertiary/aromatic N) is 3. The van der Waals surface area contributed by atoms with Crippen molar-refractivity contribution in [1.29, 1.82) is 0 Å². The number of anilines is 2. The molecule has 0 spiro atoms. The third kappa shape index (κ3) is 5.28. The number of benzene rings is 1. The van der Waals surface area contributed by atoms with Crippen molar-refractivity contribution in [2.45, 2.75) is 25.7 Å². The zero-order valence-corrected chi connectivity index (χ0v) is 17.2. The molecule has 11 heteroatoms. The van der Waals surface area contributed by atoms with Crippen LogP contribution >= 0.6 is 0 Å². The molecule has 0 aliphatic carbocycles. The highest BCUT2D eigenvalue weighted by Crippen LogP contribution is 2.28. The second-order valence-corrected chi connectivity index (χ2v) is 7.69. The molecular formula is C21H21F3N4O4. The lowest BCUT2D eigenvalue weighted by Crippen LogP contribution is -2.53. The van der Waals surface area contributed by atoms with Crippen molar-refractivity contribution in [3.05, 3.63) is 42.2 Å². The Bertz CT molecular complexity index is 1010. The number of aromatic nitrogens is 1. The smallest absolute Gasteiger partial charge is 0.424 e. The first kappa shape index (κ1) is 21.9. The lowest BCUT2D eigenvalue weighted by Gasteiger charge is -2.41. The number of alkyl halides is 3. The Morgan fingerprint density at radius 1 is 1.28 bits per heavy atom. The van der Waals surface area contributed by atoms with Gasteiger partial charge < -0.3 is 19.7 Å². The fourth-order valence-electron chi connectivity index (χ4n) is 3.86. The molecule has 1 atom stereocenters. The van der Waals surface area contributed by atoms with Gasteiger partial charge in [0.25, 0.3) is 0 Å². The van der Waals surface area contributed by atoms with Crippen LogP contribution in [0, 0.1) is 0 Å². The summed E-state index contributed by atoms with van der Waals surface area (Å²) in [7, 11) is 0. The van der Waals surface area contributed by atoms with Crippen LogP contribution in [-0.4, -0.2) is 60.3 Å². The number of amides is 1. The van der Waals surface area contributed by atoms with Crippen molar-refractivity contribution in [3.63, 3.8) is 0 Å². The summed E-state index contributed by atoms with van der Waals surface area (Å²) in [5, 5.41) is 2.76. The number of carbonyl (C=O) groups excluding carboxylic acids is 2. The number of nitrogens with one attached hydrogen (secondary N) is 1. The van der Waals surface area contributed by atoms with Crippen molar-refractivity contribution in [3.8, 4) is 11.5 Å². The fraction of sp³-hybridized carbons (Fsp3) is 0.381. The standard InChI is InChI=1S/C21H21F3N4O4/c1-13-11-27(6-7-28(13)15-2-4-16(5-3-15)32-21(22,23)24)12-19(29)26-14-8-18-17(25-10-14)9-20(30)31-18/h2-5,8,10,13H,6-7,9,11-12H2,1H3,(H,26,29)/t13-/m1/s1. The van der Waals surface area contributed by atoms with E-state index in [1.165, 1.54) is 18.3 Å². The van der Waals surface area contributed by atoms with Crippen molar-refractivity contribution < 1.29 is 32.2 Å². The first-order chi connectivity index (χ1) is 15.2. The summed E-state index contributed by atoms with van der Waals surface area (Å²) < 4.78 is 45.9. The summed E-state index contributed by atoms with van der Waals surface area (Å²) in [6.45, 7) is 3.99. The van der Waals surface area contributed by atoms with Crippen molar-refractivity contribution >= 4 is 23.3 Å². The quantitative estimate of drug-likeness (QED) is 0.701. The number of rotatable bonds is 5. The second-order valence-electron chi connectivity index (χ2n) is 7.69. The molecule has 2 aromatic rings. The van der Waals surface area contributed by atoms with Crippen LogP contribution in [0.15, 0.2) is 36.5 Å². The summed E-state index contributed by atoms with van der Waals surface area (Å²) in [4.78, 5) is 32.0. The Morgan fingerprint density at radius 2 is 2.03 bits per heavy atom. The van der Waals surface area contributed by atoms with E-state index in [1.54, 1.807) is 18.2 Å². The van der Waals surface area contributed by atoms with Gasteiger partial charge in [-0.2, -0.15) is 0 Å². The lowest BCUT2D eigenvalue weighted by atomic mass is 10.1. The Hall–Kier alpha value is -3.34. The van der Waals surface area contributed by atoms with Gasteiger partial charge in [-0.3, -0.25) is 19.5 Å². The highest BCUT2D eigenvalue weighted by molar-refractivity contribution is 5.92. The van der Waals surface area contributed by atoms with E-state index >= 15 is 0 Å². The molecule has 4 rings (SSSR count). The predicted octanol–water partition coefficient (Wildman–Crippen LogP) is 2.59. The Kier molecular flexibility index (Phi) is 5.92. The second kappa shape index (κ2) is 8.65. The molecule has 1 aromatic heterocycles. The van der Waals surface area contributed by atoms with E-state index in [2.05, 4.69) is 19.9 Å². The monoisotopic (exact) mass is 450 g/mol.